The zero-order chi connectivity index (χ0) is 45.5. The van der Waals surface area contributed by atoms with Crippen molar-refractivity contribution in [1.82, 2.24) is 0 Å². The van der Waals surface area contributed by atoms with Gasteiger partial charge in [0.1, 0.15) is 36.8 Å². The van der Waals surface area contributed by atoms with Crippen molar-refractivity contribution >= 4 is 22.1 Å². The Kier molecular flexibility index (Phi) is 35.9. The van der Waals surface area contributed by atoms with Gasteiger partial charge in [-0.2, -0.15) is 8.42 Å². The van der Waals surface area contributed by atoms with Gasteiger partial charge >= 0.3 is 11.9 Å². The van der Waals surface area contributed by atoms with E-state index in [9.17, 15) is 37.9 Å². The molecular weight excluding hydrogens is 813 g/mol. The molecule has 2 unspecified atom stereocenters. The first-order valence-corrected chi connectivity index (χ1v) is 25.5. The average molecular weight is 897 g/mol. The molecule has 0 amide bonds. The summed E-state index contributed by atoms with van der Waals surface area (Å²) in [7, 11) is -4.61. The van der Waals surface area contributed by atoms with Crippen molar-refractivity contribution < 1.29 is 56.8 Å². The van der Waals surface area contributed by atoms with Gasteiger partial charge in [0.25, 0.3) is 10.1 Å². The van der Waals surface area contributed by atoms with Crippen LogP contribution in [0.2, 0.25) is 0 Å². The maximum absolute atomic E-state index is 12.8. The highest BCUT2D eigenvalue weighted by molar-refractivity contribution is 7.85. The molecule has 1 aliphatic heterocycles. The van der Waals surface area contributed by atoms with Gasteiger partial charge in [-0.1, -0.05) is 152 Å². The molecular formula is C49H84O12S. The Morgan fingerprint density at radius 3 is 1.52 bits per heavy atom. The monoisotopic (exact) mass is 897 g/mol. The summed E-state index contributed by atoms with van der Waals surface area (Å²) in [6.45, 7) is 3.68. The number of ether oxygens (including phenoxy) is 4. The summed E-state index contributed by atoms with van der Waals surface area (Å²) >= 11 is 0. The van der Waals surface area contributed by atoms with Crippen molar-refractivity contribution in [2.75, 3.05) is 19.0 Å². The maximum Gasteiger partial charge on any atom is 0.306 e. The third-order valence-corrected chi connectivity index (χ3v) is 11.3. The van der Waals surface area contributed by atoms with E-state index in [0.29, 0.717) is 19.3 Å². The minimum absolute atomic E-state index is 0.128. The first-order valence-electron chi connectivity index (χ1n) is 23.8. The summed E-state index contributed by atoms with van der Waals surface area (Å²) in [5.74, 6) is -2.07. The molecule has 6 atom stereocenters. The second kappa shape index (κ2) is 38.8. The molecule has 62 heavy (non-hydrogen) atoms. The maximum atomic E-state index is 12.8. The van der Waals surface area contributed by atoms with E-state index in [2.05, 4.69) is 68.5 Å². The van der Waals surface area contributed by atoms with Gasteiger partial charge in [0.05, 0.1) is 6.61 Å². The molecule has 0 spiro atoms. The predicted molar refractivity (Wildman–Crippen MR) is 247 cm³/mol. The molecule has 1 rings (SSSR count). The van der Waals surface area contributed by atoms with Crippen LogP contribution in [-0.2, 0) is 38.7 Å². The summed E-state index contributed by atoms with van der Waals surface area (Å²) in [4.78, 5) is 25.4. The quantitative estimate of drug-likeness (QED) is 0.0198. The Bertz CT molecular complexity index is 1370. The molecule has 1 saturated heterocycles. The molecule has 358 valence electrons. The molecule has 12 nitrogen and oxygen atoms in total. The van der Waals surface area contributed by atoms with Gasteiger partial charge in [-0.15, -0.1) is 0 Å². The fraction of sp³-hybridized carbons (Fsp3) is 0.755. The number of rotatable bonds is 39. The van der Waals surface area contributed by atoms with Gasteiger partial charge in [-0.3, -0.25) is 14.1 Å². The Hall–Kier alpha value is -2.65. The number of aliphatic hydroxyl groups is 3. The molecule has 0 aromatic carbocycles. The van der Waals surface area contributed by atoms with Crippen molar-refractivity contribution in [2.24, 2.45) is 0 Å². The zero-order valence-electron chi connectivity index (χ0n) is 38.2. The van der Waals surface area contributed by atoms with Crippen LogP contribution in [0.1, 0.15) is 181 Å². The van der Waals surface area contributed by atoms with Gasteiger partial charge in [0.15, 0.2) is 12.4 Å². The largest absolute Gasteiger partial charge is 0.462 e. The minimum atomic E-state index is -4.61. The van der Waals surface area contributed by atoms with Crippen molar-refractivity contribution in [3.63, 3.8) is 0 Å². The summed E-state index contributed by atoms with van der Waals surface area (Å²) in [6.07, 6.45) is 38.4. The number of carbonyl (C=O) groups excluding carboxylic acids is 2. The molecule has 0 aliphatic carbocycles. The zero-order valence-corrected chi connectivity index (χ0v) is 39.0. The average Bonchev–Trinajstić information content (AvgIpc) is 3.24. The number of esters is 2. The Morgan fingerprint density at radius 1 is 0.548 bits per heavy atom. The SMILES string of the molecule is CCCCC/C=C/C/C=C/C/C=C/CCCCCCC(=O)O[C@H](COC(=O)CCC/C=C/C/C=C/CCCCCCCCCCC)CO[C@H]1O[C@H](CS(=O)(=O)O)[C@@H](O)C(O)C1O. The van der Waals surface area contributed by atoms with E-state index in [1.807, 2.05) is 6.08 Å². The fourth-order valence-corrected chi connectivity index (χ4v) is 7.53. The van der Waals surface area contributed by atoms with E-state index < -0.39 is 71.2 Å². The van der Waals surface area contributed by atoms with Crippen molar-refractivity contribution in [3.8, 4) is 0 Å². The van der Waals surface area contributed by atoms with Crippen LogP contribution in [0, 0.1) is 0 Å². The smallest absolute Gasteiger partial charge is 0.306 e. The van der Waals surface area contributed by atoms with E-state index >= 15 is 0 Å². The summed E-state index contributed by atoms with van der Waals surface area (Å²) in [6, 6.07) is 0. The van der Waals surface area contributed by atoms with Crippen LogP contribution in [-0.4, -0.2) is 96.0 Å². The predicted octanol–water partition coefficient (Wildman–Crippen LogP) is 10.1. The number of allylic oxidation sites excluding steroid dienone is 10. The van der Waals surface area contributed by atoms with Crippen molar-refractivity contribution in [1.29, 1.82) is 0 Å². The summed E-state index contributed by atoms with van der Waals surface area (Å²) in [5.41, 5.74) is 0. The number of hydrogen-bond acceptors (Lipinski definition) is 11. The lowest BCUT2D eigenvalue weighted by atomic mass is 10.00. The second-order valence-corrected chi connectivity index (χ2v) is 17.9. The highest BCUT2D eigenvalue weighted by Crippen LogP contribution is 2.24. The Morgan fingerprint density at radius 2 is 0.984 bits per heavy atom. The van der Waals surface area contributed by atoms with E-state index in [0.717, 1.165) is 57.8 Å². The van der Waals surface area contributed by atoms with Crippen LogP contribution < -0.4 is 0 Å². The topological polar surface area (TPSA) is 186 Å². The molecule has 0 bridgehead atoms. The number of aliphatic hydroxyl groups excluding tert-OH is 3. The van der Waals surface area contributed by atoms with Gasteiger partial charge in [-0.05, 0) is 77.0 Å². The fourth-order valence-electron chi connectivity index (χ4n) is 6.84. The number of carbonyl (C=O) groups is 2. The van der Waals surface area contributed by atoms with Gasteiger partial charge < -0.3 is 34.3 Å². The van der Waals surface area contributed by atoms with Crippen LogP contribution in [0.3, 0.4) is 0 Å². The highest BCUT2D eigenvalue weighted by Gasteiger charge is 2.46. The Balaban J connectivity index is 2.48. The van der Waals surface area contributed by atoms with Crippen molar-refractivity contribution in [3.05, 3.63) is 60.8 Å². The number of hydrogen-bond donors (Lipinski definition) is 4. The summed E-state index contributed by atoms with van der Waals surface area (Å²) in [5, 5.41) is 30.9. The second-order valence-electron chi connectivity index (χ2n) is 16.4. The van der Waals surface area contributed by atoms with Crippen LogP contribution >= 0.6 is 0 Å². The lowest BCUT2D eigenvalue weighted by molar-refractivity contribution is -0.297. The minimum Gasteiger partial charge on any atom is -0.462 e. The van der Waals surface area contributed by atoms with Gasteiger partial charge in [0, 0.05) is 12.8 Å². The van der Waals surface area contributed by atoms with Gasteiger partial charge in [-0.25, -0.2) is 0 Å². The standard InChI is InChI=1S/C49H84O12S/c1-3-5-7-9-11-13-15-17-19-21-23-25-27-29-31-33-35-37-44(50)58-39-42(40-59-49-48(54)47(53)46(52)43(61-49)41-62(55,56)57)60-45(51)38-36-34-32-30-28-26-24-22-20-18-16-14-12-10-8-6-4-2/h12,14,18,20,23-26,29,31,42-43,46-49,52-54H,3-11,13,15-17,19,21-22,27-28,30,32-41H2,1-2H3,(H,55,56,57)/b14-12+,20-18+,25-23+,26-24+,31-29+/t42-,43-,46-,47?,48?,49+/m1/s1. The Labute approximate surface area is 375 Å². The van der Waals surface area contributed by atoms with E-state index in [4.69, 9.17) is 18.9 Å². The molecule has 1 fully saturated rings. The van der Waals surface area contributed by atoms with E-state index in [1.54, 1.807) is 0 Å². The van der Waals surface area contributed by atoms with E-state index in [-0.39, 0.29) is 19.4 Å². The molecule has 0 radical (unpaired) electrons. The van der Waals surface area contributed by atoms with Crippen LogP contribution in [0.25, 0.3) is 0 Å². The summed E-state index contributed by atoms with van der Waals surface area (Å²) < 4.78 is 54.0. The number of unbranched alkanes of at least 4 members (excludes halogenated alkanes) is 17. The van der Waals surface area contributed by atoms with Crippen LogP contribution in [0.4, 0.5) is 0 Å². The third kappa shape index (κ3) is 32.9. The molecule has 1 aliphatic rings. The van der Waals surface area contributed by atoms with Crippen LogP contribution in [0.15, 0.2) is 60.8 Å². The molecule has 4 N–H and O–H groups in total. The highest BCUT2D eigenvalue weighted by atomic mass is 32.2. The van der Waals surface area contributed by atoms with Crippen molar-refractivity contribution in [2.45, 2.75) is 218 Å². The lowest BCUT2D eigenvalue weighted by Crippen LogP contribution is -2.60. The molecule has 1 heterocycles. The van der Waals surface area contributed by atoms with E-state index in [1.165, 1.54) is 77.0 Å². The first kappa shape index (κ1) is 57.4. The normalized spacial score (nSPS) is 20.4. The molecule has 0 aromatic rings. The third-order valence-electron chi connectivity index (χ3n) is 10.6. The van der Waals surface area contributed by atoms with Gasteiger partial charge in [0.2, 0.25) is 0 Å². The van der Waals surface area contributed by atoms with Crippen LogP contribution in [0.5, 0.6) is 0 Å². The molecule has 13 heteroatoms. The lowest BCUT2D eigenvalue weighted by Gasteiger charge is -2.40. The molecule has 0 saturated carbocycles. The molecule has 0 aromatic heterocycles. The first-order chi connectivity index (χ1) is 30.0.